The maximum atomic E-state index is 11.2. The monoisotopic (exact) mass is 231 g/mol. The second-order valence-electron chi connectivity index (χ2n) is 3.49. The fraction of sp³-hybridized carbons (Fsp3) is 0.700. The summed E-state index contributed by atoms with van der Waals surface area (Å²) in [5, 5.41) is 19.5. The van der Waals surface area contributed by atoms with Gasteiger partial charge in [-0.25, -0.2) is 4.79 Å². The van der Waals surface area contributed by atoms with Gasteiger partial charge in [-0.1, -0.05) is 13.3 Å². The van der Waals surface area contributed by atoms with Crippen LogP contribution in [0.3, 0.4) is 0 Å². The Morgan fingerprint density at radius 2 is 1.81 bits per heavy atom. The summed E-state index contributed by atoms with van der Waals surface area (Å²) in [6, 6.07) is -1.11. The lowest BCUT2D eigenvalue weighted by Crippen LogP contribution is -2.41. The number of carboxylic acid groups (broad SMARTS) is 2. The number of carbonyl (C=O) groups excluding carboxylic acids is 1. The third-order valence-electron chi connectivity index (χ3n) is 2.04. The number of aliphatic carboxylic acids is 2. The summed E-state index contributed by atoms with van der Waals surface area (Å²) in [7, 11) is 0. The predicted molar refractivity (Wildman–Crippen MR) is 56.0 cm³/mol. The highest BCUT2D eigenvalue weighted by Crippen LogP contribution is 2.00. The Bertz CT molecular complexity index is 264. The van der Waals surface area contributed by atoms with Gasteiger partial charge in [-0.15, -0.1) is 0 Å². The molecule has 92 valence electrons. The minimum Gasteiger partial charge on any atom is -0.481 e. The van der Waals surface area contributed by atoms with Crippen molar-refractivity contribution in [1.82, 2.24) is 5.32 Å². The van der Waals surface area contributed by atoms with Crippen LogP contribution < -0.4 is 5.32 Å². The molecule has 0 aliphatic rings. The fourth-order valence-electron chi connectivity index (χ4n) is 1.13. The fourth-order valence-corrected chi connectivity index (χ4v) is 1.13. The van der Waals surface area contributed by atoms with Crippen LogP contribution in [0.5, 0.6) is 0 Å². The van der Waals surface area contributed by atoms with Gasteiger partial charge < -0.3 is 15.5 Å². The van der Waals surface area contributed by atoms with E-state index in [-0.39, 0.29) is 25.2 Å². The van der Waals surface area contributed by atoms with Crippen LogP contribution in [0.2, 0.25) is 0 Å². The zero-order valence-electron chi connectivity index (χ0n) is 9.23. The quantitative estimate of drug-likeness (QED) is 0.567. The molecule has 0 aliphatic heterocycles. The number of amides is 1. The van der Waals surface area contributed by atoms with Crippen molar-refractivity contribution in [2.75, 3.05) is 0 Å². The van der Waals surface area contributed by atoms with E-state index in [1.54, 1.807) is 0 Å². The molecule has 1 atom stereocenters. The number of nitrogens with one attached hydrogen (secondary N) is 1. The maximum Gasteiger partial charge on any atom is 0.326 e. The first-order valence-corrected chi connectivity index (χ1v) is 5.21. The molecule has 6 nitrogen and oxygen atoms in total. The number of unbranched alkanes of at least 4 members (excludes halogenated alkanes) is 1. The molecule has 0 saturated carbocycles. The Morgan fingerprint density at radius 3 is 2.25 bits per heavy atom. The zero-order valence-corrected chi connectivity index (χ0v) is 9.23. The van der Waals surface area contributed by atoms with Crippen LogP contribution in [0.1, 0.15) is 39.0 Å². The molecule has 0 saturated heterocycles. The van der Waals surface area contributed by atoms with Gasteiger partial charge >= 0.3 is 11.9 Å². The van der Waals surface area contributed by atoms with Crippen molar-refractivity contribution in [2.24, 2.45) is 0 Å². The Balaban J connectivity index is 4.07. The van der Waals surface area contributed by atoms with E-state index in [2.05, 4.69) is 5.32 Å². The average Bonchev–Trinajstić information content (AvgIpc) is 2.20. The minimum atomic E-state index is -1.20. The van der Waals surface area contributed by atoms with Gasteiger partial charge in [0.15, 0.2) is 0 Å². The average molecular weight is 231 g/mol. The smallest absolute Gasteiger partial charge is 0.326 e. The van der Waals surface area contributed by atoms with Crippen LogP contribution in [0, 0.1) is 0 Å². The van der Waals surface area contributed by atoms with Crippen molar-refractivity contribution in [3.8, 4) is 0 Å². The lowest BCUT2D eigenvalue weighted by atomic mass is 10.1. The molecule has 0 spiro atoms. The molecule has 0 radical (unpaired) electrons. The number of rotatable bonds is 8. The molecule has 6 heteroatoms. The van der Waals surface area contributed by atoms with Crippen molar-refractivity contribution in [3.63, 3.8) is 0 Å². The highest BCUT2D eigenvalue weighted by Gasteiger charge is 2.20. The number of carbonyl (C=O) groups is 3. The van der Waals surface area contributed by atoms with E-state index in [0.717, 1.165) is 6.42 Å². The third-order valence-corrected chi connectivity index (χ3v) is 2.04. The predicted octanol–water partition coefficient (Wildman–Crippen LogP) is 0.611. The van der Waals surface area contributed by atoms with Crippen LogP contribution in [0.4, 0.5) is 0 Å². The van der Waals surface area contributed by atoms with E-state index in [9.17, 15) is 14.4 Å². The SMILES string of the molecule is CCCCC(=O)NC(CCC(=O)O)C(=O)O. The van der Waals surface area contributed by atoms with E-state index in [1.807, 2.05) is 6.92 Å². The van der Waals surface area contributed by atoms with Gasteiger partial charge in [0.2, 0.25) is 5.91 Å². The Kier molecular flexibility index (Phi) is 6.91. The van der Waals surface area contributed by atoms with E-state index in [4.69, 9.17) is 10.2 Å². The molecule has 0 fully saturated rings. The van der Waals surface area contributed by atoms with E-state index in [0.29, 0.717) is 6.42 Å². The van der Waals surface area contributed by atoms with Gasteiger partial charge in [0.25, 0.3) is 0 Å². The van der Waals surface area contributed by atoms with E-state index < -0.39 is 18.0 Å². The Morgan fingerprint density at radius 1 is 1.19 bits per heavy atom. The summed E-state index contributed by atoms with van der Waals surface area (Å²) in [5.41, 5.74) is 0. The lowest BCUT2D eigenvalue weighted by Gasteiger charge is -2.13. The van der Waals surface area contributed by atoms with Crippen molar-refractivity contribution in [2.45, 2.75) is 45.1 Å². The van der Waals surface area contributed by atoms with E-state index >= 15 is 0 Å². The lowest BCUT2D eigenvalue weighted by molar-refractivity contribution is -0.143. The molecule has 1 unspecified atom stereocenters. The summed E-state index contributed by atoms with van der Waals surface area (Å²) in [6.45, 7) is 1.92. The van der Waals surface area contributed by atoms with Gasteiger partial charge in [-0.3, -0.25) is 9.59 Å². The molecule has 0 rings (SSSR count). The summed E-state index contributed by atoms with van der Waals surface area (Å²) < 4.78 is 0. The van der Waals surface area contributed by atoms with Crippen LogP contribution in [0.15, 0.2) is 0 Å². The van der Waals surface area contributed by atoms with Gasteiger partial charge in [-0.2, -0.15) is 0 Å². The molecule has 16 heavy (non-hydrogen) atoms. The van der Waals surface area contributed by atoms with Crippen LogP contribution in [0.25, 0.3) is 0 Å². The molecule has 1 amide bonds. The second kappa shape index (κ2) is 7.67. The van der Waals surface area contributed by atoms with Crippen molar-refractivity contribution in [1.29, 1.82) is 0 Å². The van der Waals surface area contributed by atoms with Gasteiger partial charge in [-0.05, 0) is 12.8 Å². The van der Waals surface area contributed by atoms with Crippen LogP contribution in [-0.4, -0.2) is 34.1 Å². The molecule has 0 aliphatic carbocycles. The first kappa shape index (κ1) is 14.4. The van der Waals surface area contributed by atoms with Crippen molar-refractivity contribution >= 4 is 17.8 Å². The summed E-state index contributed by atoms with van der Waals surface area (Å²) in [4.78, 5) is 32.2. The summed E-state index contributed by atoms with van der Waals surface area (Å²) in [6.07, 6.45) is 1.44. The Hall–Kier alpha value is -1.59. The molecular formula is C10H17NO5. The van der Waals surface area contributed by atoms with Gasteiger partial charge in [0, 0.05) is 12.8 Å². The standard InChI is InChI=1S/C10H17NO5/c1-2-3-4-8(12)11-7(10(15)16)5-6-9(13)14/h7H,2-6H2,1H3,(H,11,12)(H,13,14)(H,15,16). The highest BCUT2D eigenvalue weighted by molar-refractivity contribution is 5.83. The van der Waals surface area contributed by atoms with Crippen LogP contribution >= 0.6 is 0 Å². The molecule has 0 aromatic carbocycles. The highest BCUT2D eigenvalue weighted by atomic mass is 16.4. The third kappa shape index (κ3) is 6.80. The molecule has 0 aromatic heterocycles. The van der Waals surface area contributed by atoms with Crippen molar-refractivity contribution in [3.05, 3.63) is 0 Å². The number of hydrogen-bond acceptors (Lipinski definition) is 3. The Labute approximate surface area is 93.6 Å². The van der Waals surface area contributed by atoms with Crippen LogP contribution in [-0.2, 0) is 14.4 Å². The zero-order chi connectivity index (χ0) is 12.6. The second-order valence-corrected chi connectivity index (χ2v) is 3.49. The number of carboxylic acids is 2. The molecular weight excluding hydrogens is 214 g/mol. The maximum absolute atomic E-state index is 11.2. The molecule has 0 aromatic rings. The normalized spacial score (nSPS) is 11.8. The van der Waals surface area contributed by atoms with Crippen molar-refractivity contribution < 1.29 is 24.6 Å². The first-order chi connectivity index (χ1) is 7.47. The molecule has 0 heterocycles. The number of hydrogen-bond donors (Lipinski definition) is 3. The minimum absolute atomic E-state index is 0.0947. The van der Waals surface area contributed by atoms with Gasteiger partial charge in [0.1, 0.15) is 6.04 Å². The first-order valence-electron chi connectivity index (χ1n) is 5.21. The summed E-state index contributed by atoms with van der Waals surface area (Å²) >= 11 is 0. The van der Waals surface area contributed by atoms with E-state index in [1.165, 1.54) is 0 Å². The summed E-state index contributed by atoms with van der Waals surface area (Å²) in [5.74, 6) is -2.63. The molecule has 0 bridgehead atoms. The largest absolute Gasteiger partial charge is 0.481 e. The van der Waals surface area contributed by atoms with Gasteiger partial charge in [0.05, 0.1) is 0 Å². The molecule has 3 N–H and O–H groups in total. The topological polar surface area (TPSA) is 104 Å².